The lowest BCUT2D eigenvalue weighted by atomic mass is 10.2. The minimum absolute atomic E-state index is 0.162. The number of thioether (sulfide) groups is 1. The van der Waals surface area contributed by atoms with E-state index in [4.69, 9.17) is 16.3 Å². The van der Waals surface area contributed by atoms with Crippen LogP contribution < -0.4 is 0 Å². The number of hydrogen-bond donors (Lipinski definition) is 0. The summed E-state index contributed by atoms with van der Waals surface area (Å²) in [4.78, 5) is 13.7. The summed E-state index contributed by atoms with van der Waals surface area (Å²) in [5.41, 5.74) is 0. The largest absolute Gasteiger partial charge is 0.383 e. The molecule has 1 amide bonds. The highest BCUT2D eigenvalue weighted by Crippen LogP contribution is 2.22. The molecule has 0 bridgehead atoms. The number of alkyl halides is 1. The molecule has 0 N–H and O–H groups in total. The van der Waals surface area contributed by atoms with Gasteiger partial charge >= 0.3 is 0 Å². The second-order valence-electron chi connectivity index (χ2n) is 3.54. The van der Waals surface area contributed by atoms with Crippen LogP contribution in [0.25, 0.3) is 0 Å². The average Bonchev–Trinajstić information content (AvgIpc) is 2.72. The fourth-order valence-corrected chi connectivity index (χ4v) is 3.08. The van der Waals surface area contributed by atoms with E-state index in [-0.39, 0.29) is 5.91 Å². The fourth-order valence-electron chi connectivity index (χ4n) is 1.69. The van der Waals surface area contributed by atoms with Crippen molar-refractivity contribution in [1.82, 2.24) is 4.90 Å². The smallest absolute Gasteiger partial charge is 0.224 e. The molecule has 0 spiro atoms. The summed E-state index contributed by atoms with van der Waals surface area (Å²) in [7, 11) is 1.66. The topological polar surface area (TPSA) is 29.5 Å². The first-order valence-electron chi connectivity index (χ1n) is 5.21. The maximum atomic E-state index is 11.8. The van der Waals surface area contributed by atoms with Gasteiger partial charge in [-0.15, -0.1) is 11.6 Å². The Morgan fingerprint density at radius 3 is 3.00 bits per heavy atom. The number of methoxy groups -OCH3 is 1. The summed E-state index contributed by atoms with van der Waals surface area (Å²) in [6.07, 6.45) is 1.54. The molecule has 0 aromatic heterocycles. The van der Waals surface area contributed by atoms with Crippen LogP contribution >= 0.6 is 23.4 Å². The van der Waals surface area contributed by atoms with Gasteiger partial charge in [0.2, 0.25) is 5.91 Å². The van der Waals surface area contributed by atoms with Gasteiger partial charge in [0, 0.05) is 37.8 Å². The number of carbonyl (C=O) groups excluding carboxylic acids is 1. The monoisotopic (exact) mass is 251 g/mol. The van der Waals surface area contributed by atoms with Crippen LogP contribution in [-0.2, 0) is 9.53 Å². The molecule has 1 saturated heterocycles. The van der Waals surface area contributed by atoms with Crippen molar-refractivity contribution in [2.24, 2.45) is 0 Å². The van der Waals surface area contributed by atoms with Crippen molar-refractivity contribution in [3.05, 3.63) is 0 Å². The minimum atomic E-state index is 0.162. The van der Waals surface area contributed by atoms with Gasteiger partial charge in [0.15, 0.2) is 0 Å². The molecule has 0 saturated carbocycles. The number of carbonyl (C=O) groups is 1. The SMILES string of the molecule is COCCN(C(=O)CCCl)C1CCSC1. The maximum Gasteiger partial charge on any atom is 0.224 e. The van der Waals surface area contributed by atoms with Gasteiger partial charge in [0.25, 0.3) is 0 Å². The normalized spacial score (nSPS) is 20.5. The fraction of sp³-hybridized carbons (Fsp3) is 0.900. The lowest BCUT2D eigenvalue weighted by molar-refractivity contribution is -0.133. The molecule has 1 unspecified atom stereocenters. The molecule has 88 valence electrons. The van der Waals surface area contributed by atoms with E-state index in [0.29, 0.717) is 31.5 Å². The molecule has 0 radical (unpaired) electrons. The maximum absolute atomic E-state index is 11.8. The Morgan fingerprint density at radius 1 is 1.67 bits per heavy atom. The third-order valence-corrected chi connectivity index (χ3v) is 3.85. The second kappa shape index (κ2) is 7.36. The molecule has 0 aromatic rings. The highest BCUT2D eigenvalue weighted by Gasteiger charge is 2.26. The van der Waals surface area contributed by atoms with Gasteiger partial charge in [-0.25, -0.2) is 0 Å². The van der Waals surface area contributed by atoms with Gasteiger partial charge in [0.1, 0.15) is 0 Å². The molecule has 1 atom stereocenters. The third kappa shape index (κ3) is 4.21. The summed E-state index contributed by atoms with van der Waals surface area (Å²) in [5.74, 6) is 2.77. The van der Waals surface area contributed by atoms with Crippen LogP contribution in [0.3, 0.4) is 0 Å². The first-order chi connectivity index (χ1) is 7.29. The van der Waals surface area contributed by atoms with Gasteiger partial charge in [-0.2, -0.15) is 11.8 Å². The predicted molar refractivity (Wildman–Crippen MR) is 64.7 cm³/mol. The highest BCUT2D eigenvalue weighted by molar-refractivity contribution is 7.99. The lowest BCUT2D eigenvalue weighted by Crippen LogP contribution is -2.42. The van der Waals surface area contributed by atoms with Gasteiger partial charge < -0.3 is 9.64 Å². The molecule has 1 fully saturated rings. The molecule has 0 aromatic carbocycles. The van der Waals surface area contributed by atoms with E-state index in [1.54, 1.807) is 7.11 Å². The Labute approximate surface area is 100 Å². The summed E-state index contributed by atoms with van der Waals surface area (Å²) in [6, 6.07) is 0.390. The Kier molecular flexibility index (Phi) is 6.45. The van der Waals surface area contributed by atoms with E-state index in [1.165, 1.54) is 0 Å². The zero-order chi connectivity index (χ0) is 11.1. The summed E-state index contributed by atoms with van der Waals surface area (Å²) >= 11 is 7.51. The zero-order valence-electron chi connectivity index (χ0n) is 9.08. The van der Waals surface area contributed by atoms with Crippen molar-refractivity contribution in [1.29, 1.82) is 0 Å². The molecule has 1 rings (SSSR count). The van der Waals surface area contributed by atoms with E-state index in [0.717, 1.165) is 17.9 Å². The van der Waals surface area contributed by atoms with E-state index in [2.05, 4.69) is 0 Å². The summed E-state index contributed by atoms with van der Waals surface area (Å²) in [6.45, 7) is 1.30. The molecular weight excluding hydrogens is 234 g/mol. The molecular formula is C10H18ClNO2S. The van der Waals surface area contributed by atoms with Gasteiger partial charge in [-0.3, -0.25) is 4.79 Å². The summed E-state index contributed by atoms with van der Waals surface area (Å²) in [5, 5.41) is 0. The van der Waals surface area contributed by atoms with Gasteiger partial charge in [-0.05, 0) is 12.2 Å². The van der Waals surface area contributed by atoms with Gasteiger partial charge in [0.05, 0.1) is 6.61 Å². The molecule has 15 heavy (non-hydrogen) atoms. The van der Waals surface area contributed by atoms with E-state index >= 15 is 0 Å². The van der Waals surface area contributed by atoms with Crippen LogP contribution in [-0.4, -0.2) is 54.5 Å². The predicted octanol–water partition coefficient (Wildman–Crippen LogP) is 1.60. The molecule has 3 nitrogen and oxygen atoms in total. The molecule has 1 aliphatic heterocycles. The zero-order valence-corrected chi connectivity index (χ0v) is 10.6. The second-order valence-corrected chi connectivity index (χ2v) is 5.06. The van der Waals surface area contributed by atoms with Crippen molar-refractivity contribution in [3.8, 4) is 0 Å². The van der Waals surface area contributed by atoms with Crippen LogP contribution in [0.2, 0.25) is 0 Å². The van der Waals surface area contributed by atoms with Crippen molar-refractivity contribution in [2.45, 2.75) is 18.9 Å². The van der Waals surface area contributed by atoms with E-state index in [9.17, 15) is 4.79 Å². The first-order valence-corrected chi connectivity index (χ1v) is 6.90. The van der Waals surface area contributed by atoms with Gasteiger partial charge in [-0.1, -0.05) is 0 Å². The quantitative estimate of drug-likeness (QED) is 0.672. The van der Waals surface area contributed by atoms with Crippen molar-refractivity contribution < 1.29 is 9.53 Å². The van der Waals surface area contributed by atoms with Crippen LogP contribution in [0.1, 0.15) is 12.8 Å². The first kappa shape index (κ1) is 13.1. The Balaban J connectivity index is 2.46. The average molecular weight is 252 g/mol. The van der Waals surface area contributed by atoms with Crippen LogP contribution in [0.4, 0.5) is 0 Å². The number of rotatable bonds is 6. The Morgan fingerprint density at radius 2 is 2.47 bits per heavy atom. The molecule has 0 aliphatic carbocycles. The lowest BCUT2D eigenvalue weighted by Gasteiger charge is -2.28. The van der Waals surface area contributed by atoms with Crippen LogP contribution in [0.15, 0.2) is 0 Å². The summed E-state index contributed by atoms with van der Waals surface area (Å²) < 4.78 is 5.03. The van der Waals surface area contributed by atoms with Crippen molar-refractivity contribution in [3.63, 3.8) is 0 Å². The number of nitrogens with zero attached hydrogens (tertiary/aromatic N) is 1. The molecule has 1 aliphatic rings. The van der Waals surface area contributed by atoms with Crippen LogP contribution in [0.5, 0.6) is 0 Å². The highest BCUT2D eigenvalue weighted by atomic mass is 35.5. The van der Waals surface area contributed by atoms with Crippen LogP contribution in [0, 0.1) is 0 Å². The Bertz CT molecular complexity index is 198. The molecule has 5 heteroatoms. The van der Waals surface area contributed by atoms with Crippen molar-refractivity contribution in [2.75, 3.05) is 37.6 Å². The number of hydrogen-bond acceptors (Lipinski definition) is 3. The van der Waals surface area contributed by atoms with Crippen molar-refractivity contribution >= 4 is 29.3 Å². The Hall–Kier alpha value is 0.0700. The van der Waals surface area contributed by atoms with E-state index < -0.39 is 0 Å². The van der Waals surface area contributed by atoms with E-state index in [1.807, 2.05) is 16.7 Å². The number of ether oxygens (including phenoxy) is 1. The third-order valence-electron chi connectivity index (χ3n) is 2.51. The number of halogens is 1. The minimum Gasteiger partial charge on any atom is -0.383 e. The molecule has 1 heterocycles. The number of amides is 1. The standard InChI is InChI=1S/C10H18ClNO2S/c1-14-6-5-12(10(13)2-4-11)9-3-7-15-8-9/h9H,2-8H2,1H3.